The number of hydrogen-bond acceptors (Lipinski definition) is 10. The van der Waals surface area contributed by atoms with Crippen molar-refractivity contribution in [2.24, 2.45) is 11.7 Å². The first kappa shape index (κ1) is 36.5. The number of likely N-dealkylation sites (tertiary alicyclic amines) is 1. The van der Waals surface area contributed by atoms with Gasteiger partial charge in [0.15, 0.2) is 5.82 Å². The maximum Gasteiger partial charge on any atom is 0.323 e. The van der Waals surface area contributed by atoms with E-state index < -0.39 is 0 Å². The van der Waals surface area contributed by atoms with Crippen LogP contribution in [0.1, 0.15) is 49.9 Å². The zero-order valence-electron chi connectivity index (χ0n) is 29.4. The first-order valence-electron chi connectivity index (χ1n) is 17.5. The first-order chi connectivity index (χ1) is 24.3. The second-order valence-corrected chi connectivity index (χ2v) is 13.0. The number of nitrogens with one attached hydrogen (secondary N) is 2. The van der Waals surface area contributed by atoms with E-state index in [2.05, 4.69) is 52.0 Å². The fourth-order valence-electron chi connectivity index (χ4n) is 6.47. The van der Waals surface area contributed by atoms with Crippen LogP contribution in [0.3, 0.4) is 0 Å². The Bertz CT molecular complexity index is 1560. The third kappa shape index (κ3) is 9.66. The van der Waals surface area contributed by atoms with Gasteiger partial charge in [-0.1, -0.05) is 19.8 Å². The Morgan fingerprint density at radius 1 is 0.860 bits per heavy atom. The molecule has 1 atom stereocenters. The molecular formula is C36H50N10O4. The largest absolute Gasteiger partial charge is 0.378 e. The summed E-state index contributed by atoms with van der Waals surface area (Å²) in [6.45, 7) is 11.4. The van der Waals surface area contributed by atoms with E-state index in [9.17, 15) is 9.59 Å². The molecule has 14 heteroatoms. The van der Waals surface area contributed by atoms with Crippen molar-refractivity contribution in [1.82, 2.24) is 24.8 Å². The van der Waals surface area contributed by atoms with E-state index >= 15 is 0 Å². The van der Waals surface area contributed by atoms with Gasteiger partial charge in [-0.05, 0) is 81.3 Å². The Morgan fingerprint density at radius 3 is 2.02 bits per heavy atom. The molecule has 3 fully saturated rings. The molecule has 1 aromatic heterocycles. The number of carbonyl (C=O) groups excluding carboxylic acids is 3. The zero-order valence-corrected chi connectivity index (χ0v) is 29.4. The van der Waals surface area contributed by atoms with Crippen molar-refractivity contribution >= 4 is 41.6 Å². The molecule has 6 rings (SSSR count). The van der Waals surface area contributed by atoms with Crippen LogP contribution in [0.5, 0.6) is 0 Å². The normalized spacial score (nSPS) is 18.5. The number of urea groups is 1. The molecule has 3 aromatic rings. The molecule has 0 aliphatic carbocycles. The van der Waals surface area contributed by atoms with Gasteiger partial charge in [-0.3, -0.25) is 9.59 Å². The number of nitrogens with zero attached hydrogens (tertiary/aromatic N) is 7. The minimum absolute atomic E-state index is 0.0523. The van der Waals surface area contributed by atoms with Gasteiger partial charge in [0.05, 0.1) is 13.2 Å². The van der Waals surface area contributed by atoms with Crippen LogP contribution in [0.2, 0.25) is 0 Å². The summed E-state index contributed by atoms with van der Waals surface area (Å²) >= 11 is 0. The van der Waals surface area contributed by atoms with E-state index in [1.807, 2.05) is 29.2 Å². The summed E-state index contributed by atoms with van der Waals surface area (Å²) in [4.78, 5) is 57.7. The second kappa shape index (κ2) is 17.7. The van der Waals surface area contributed by atoms with Crippen molar-refractivity contribution in [3.8, 4) is 11.4 Å². The van der Waals surface area contributed by atoms with Crippen LogP contribution in [-0.4, -0.2) is 115 Å². The number of hydrogen-bond donors (Lipinski definition) is 3. The summed E-state index contributed by atoms with van der Waals surface area (Å²) in [7, 11) is 2.15. The van der Waals surface area contributed by atoms with Crippen LogP contribution >= 0.6 is 0 Å². The minimum Gasteiger partial charge on any atom is -0.378 e. The number of nitrogens with two attached hydrogens (primary N) is 1. The average molecular weight is 687 g/mol. The van der Waals surface area contributed by atoms with Gasteiger partial charge in [0.1, 0.15) is 0 Å². The third-order valence-corrected chi connectivity index (χ3v) is 9.54. The van der Waals surface area contributed by atoms with Gasteiger partial charge in [-0.2, -0.15) is 15.0 Å². The lowest BCUT2D eigenvalue weighted by atomic mass is 9.92. The number of likely N-dealkylation sites (N-methyl/N-ethyl adjacent to an activating group) is 1. The Kier molecular flexibility index (Phi) is 12.9. The Balaban J connectivity index is 0.00000156. The number of amides is 4. The summed E-state index contributed by atoms with van der Waals surface area (Å²) < 4.78 is 5.55. The van der Waals surface area contributed by atoms with Crippen molar-refractivity contribution in [2.45, 2.75) is 45.6 Å². The summed E-state index contributed by atoms with van der Waals surface area (Å²) in [5, 5.41) is 5.76. The Labute approximate surface area is 294 Å². The number of aromatic nitrogens is 3. The average Bonchev–Trinajstić information content (AvgIpc) is 3.14. The lowest BCUT2D eigenvalue weighted by Crippen LogP contribution is -2.50. The van der Waals surface area contributed by atoms with Gasteiger partial charge in [0.2, 0.25) is 18.3 Å². The topological polar surface area (TPSA) is 162 Å². The van der Waals surface area contributed by atoms with Crippen molar-refractivity contribution in [3.05, 3.63) is 54.1 Å². The second-order valence-electron chi connectivity index (χ2n) is 13.0. The zero-order chi connectivity index (χ0) is 35.5. The van der Waals surface area contributed by atoms with E-state index in [4.69, 9.17) is 24.5 Å². The summed E-state index contributed by atoms with van der Waals surface area (Å²) in [6.07, 6.45) is 4.83. The molecule has 0 saturated carbocycles. The number of anilines is 4. The highest BCUT2D eigenvalue weighted by Crippen LogP contribution is 2.26. The number of rotatable bonds is 8. The van der Waals surface area contributed by atoms with Crippen LogP contribution < -0.4 is 26.2 Å². The smallest absolute Gasteiger partial charge is 0.323 e. The molecule has 3 aliphatic rings. The first-order valence-corrected chi connectivity index (χ1v) is 17.5. The standard InChI is InChI=1S/C35H47N9O3.CH3NO/c1-4-5-26-14-16-42(17-15-26)32(45)28-8-12-30(13-9-28)37-35(46)36-29-10-6-27(7-11-29)31-38-33(43-20-22-47-23-21-43)40-34(39-31)44-19-18-41(3)25(2)24-44;2-1-3/h6-13,25-26H,4-5,14-24H2,1-3H3,(H2,36,37,46);1H,(H2,2,3). The quantitative estimate of drug-likeness (QED) is 0.296. The fourth-order valence-corrected chi connectivity index (χ4v) is 6.47. The van der Waals surface area contributed by atoms with Crippen molar-refractivity contribution in [1.29, 1.82) is 0 Å². The van der Waals surface area contributed by atoms with Crippen LogP contribution in [-0.2, 0) is 9.53 Å². The summed E-state index contributed by atoms with van der Waals surface area (Å²) in [5.41, 5.74) is 6.90. The number of morpholine rings is 1. The number of primary amides is 1. The van der Waals surface area contributed by atoms with Crippen molar-refractivity contribution in [2.75, 3.05) is 86.5 Å². The number of carbonyl (C=O) groups is 3. The Hall–Kier alpha value is -4.82. The number of piperidine rings is 1. The monoisotopic (exact) mass is 686 g/mol. The van der Waals surface area contributed by atoms with E-state index in [0.717, 1.165) is 70.1 Å². The number of benzene rings is 2. The highest BCUT2D eigenvalue weighted by atomic mass is 16.5. The van der Waals surface area contributed by atoms with Gasteiger partial charge < -0.3 is 40.7 Å². The van der Waals surface area contributed by atoms with E-state index in [-0.39, 0.29) is 18.3 Å². The summed E-state index contributed by atoms with van der Waals surface area (Å²) in [5.74, 6) is 2.72. The highest BCUT2D eigenvalue weighted by molar-refractivity contribution is 6.00. The molecule has 0 radical (unpaired) electrons. The van der Waals surface area contributed by atoms with Gasteiger partial charge in [0, 0.05) is 74.4 Å². The molecule has 3 aliphatic heterocycles. The molecule has 3 saturated heterocycles. The fraction of sp³-hybridized carbons (Fsp3) is 0.500. The molecule has 4 heterocycles. The molecule has 4 N–H and O–H groups in total. The maximum atomic E-state index is 13.0. The van der Waals surface area contributed by atoms with E-state index in [0.29, 0.717) is 53.9 Å². The van der Waals surface area contributed by atoms with Crippen LogP contribution in [0, 0.1) is 5.92 Å². The van der Waals surface area contributed by atoms with E-state index in [1.165, 1.54) is 12.8 Å². The SMILES string of the molecule is CCCC1CCN(C(=O)c2ccc(NC(=O)Nc3ccc(-c4nc(N5CCOCC5)nc(N5CCN(C)C(C)C5)n4)cc3)cc2)CC1.NC=O. The lowest BCUT2D eigenvalue weighted by Gasteiger charge is -2.38. The molecular weight excluding hydrogens is 636 g/mol. The Morgan fingerprint density at radius 2 is 1.44 bits per heavy atom. The predicted molar refractivity (Wildman–Crippen MR) is 195 cm³/mol. The lowest BCUT2D eigenvalue weighted by molar-refractivity contribution is -0.106. The summed E-state index contributed by atoms with van der Waals surface area (Å²) in [6, 6.07) is 14.6. The van der Waals surface area contributed by atoms with E-state index in [1.54, 1.807) is 24.3 Å². The molecule has 50 heavy (non-hydrogen) atoms. The van der Waals surface area contributed by atoms with Gasteiger partial charge >= 0.3 is 6.03 Å². The molecule has 2 aromatic carbocycles. The van der Waals surface area contributed by atoms with Crippen LogP contribution in [0.25, 0.3) is 11.4 Å². The molecule has 14 nitrogen and oxygen atoms in total. The molecule has 1 unspecified atom stereocenters. The maximum absolute atomic E-state index is 13.0. The molecule has 0 spiro atoms. The highest BCUT2D eigenvalue weighted by Gasteiger charge is 2.26. The van der Waals surface area contributed by atoms with Crippen molar-refractivity contribution < 1.29 is 19.1 Å². The van der Waals surface area contributed by atoms with Gasteiger partial charge in [-0.15, -0.1) is 0 Å². The molecule has 268 valence electrons. The van der Waals surface area contributed by atoms with Crippen molar-refractivity contribution in [3.63, 3.8) is 0 Å². The number of ether oxygens (including phenoxy) is 1. The van der Waals surface area contributed by atoms with Crippen LogP contribution in [0.4, 0.5) is 28.1 Å². The minimum atomic E-state index is -0.365. The predicted octanol–water partition coefficient (Wildman–Crippen LogP) is 3.91. The molecule has 4 amide bonds. The molecule has 0 bridgehead atoms. The number of piperazine rings is 1. The third-order valence-electron chi connectivity index (χ3n) is 9.54. The van der Waals surface area contributed by atoms with Gasteiger partial charge in [0.25, 0.3) is 5.91 Å². The van der Waals surface area contributed by atoms with Gasteiger partial charge in [-0.25, -0.2) is 4.79 Å². The van der Waals surface area contributed by atoms with Crippen LogP contribution in [0.15, 0.2) is 48.5 Å².